The Morgan fingerprint density at radius 3 is 2.73 bits per heavy atom. The summed E-state index contributed by atoms with van der Waals surface area (Å²) in [6.07, 6.45) is 1.60. The number of aromatic nitrogens is 3. The average molecular weight is 229 g/mol. The van der Waals surface area contributed by atoms with Gasteiger partial charge in [-0.2, -0.15) is 0 Å². The number of carbonyl (C=O) groups excluding carboxylic acids is 1. The summed E-state index contributed by atoms with van der Waals surface area (Å²) in [5, 5.41) is 8.11. The van der Waals surface area contributed by atoms with Crippen LogP contribution in [0.25, 0.3) is 0 Å². The zero-order valence-corrected chi connectivity index (χ0v) is 9.78. The molecule has 15 heavy (non-hydrogen) atoms. The lowest BCUT2D eigenvalue weighted by Gasteiger charge is -2.17. The number of hydrogen-bond acceptors (Lipinski definition) is 5. The first kappa shape index (κ1) is 12.0. The Labute approximate surface area is 92.6 Å². The molecule has 0 bridgehead atoms. The Hall–Kier alpha value is -1.08. The topological polar surface area (TPSA) is 85.8 Å². The minimum absolute atomic E-state index is 0.176. The zero-order valence-electron chi connectivity index (χ0n) is 8.97. The van der Waals surface area contributed by atoms with E-state index in [9.17, 15) is 4.79 Å². The zero-order chi connectivity index (χ0) is 11.4. The van der Waals surface area contributed by atoms with Crippen LogP contribution >= 0.6 is 11.8 Å². The minimum Gasteiger partial charge on any atom is -0.312 e. The van der Waals surface area contributed by atoms with Crippen LogP contribution in [0.4, 0.5) is 0 Å². The first-order valence-electron chi connectivity index (χ1n) is 4.57. The van der Waals surface area contributed by atoms with Gasteiger partial charge in [0.25, 0.3) is 0 Å². The molecule has 84 valence electrons. The maximum atomic E-state index is 11.5. The molecule has 1 unspecified atom stereocenters. The lowest BCUT2D eigenvalue weighted by atomic mass is 10.1. The van der Waals surface area contributed by atoms with Gasteiger partial charge in [0, 0.05) is 7.05 Å². The molecule has 0 aliphatic heterocycles. The summed E-state index contributed by atoms with van der Waals surface area (Å²) in [7, 11) is 1.83. The number of hydrogen-bond donors (Lipinski definition) is 2. The van der Waals surface area contributed by atoms with Crippen LogP contribution in [0.2, 0.25) is 0 Å². The third-order valence-corrected chi connectivity index (χ3v) is 3.50. The Balaban J connectivity index is 2.76. The molecule has 7 heteroatoms. The SMILES string of the molecule is CC(C)C(Sc1nncn1C)C(=O)NN. The summed E-state index contributed by atoms with van der Waals surface area (Å²) in [6, 6.07) is 0. The van der Waals surface area contributed by atoms with E-state index in [1.165, 1.54) is 11.8 Å². The van der Waals surface area contributed by atoms with Gasteiger partial charge in [0.2, 0.25) is 5.91 Å². The van der Waals surface area contributed by atoms with Gasteiger partial charge in [0.1, 0.15) is 6.33 Å². The number of aryl methyl sites for hydroxylation is 1. The Morgan fingerprint density at radius 2 is 2.33 bits per heavy atom. The van der Waals surface area contributed by atoms with Crippen LogP contribution in [-0.2, 0) is 11.8 Å². The fraction of sp³-hybridized carbons (Fsp3) is 0.625. The second kappa shape index (κ2) is 5.13. The van der Waals surface area contributed by atoms with Crippen molar-refractivity contribution in [2.45, 2.75) is 24.3 Å². The van der Waals surface area contributed by atoms with Crippen molar-refractivity contribution < 1.29 is 4.79 Å². The number of hydrazine groups is 1. The van der Waals surface area contributed by atoms with Gasteiger partial charge in [-0.3, -0.25) is 10.2 Å². The molecule has 1 aromatic heterocycles. The summed E-state index contributed by atoms with van der Waals surface area (Å²) < 4.78 is 1.77. The number of thioether (sulfide) groups is 1. The van der Waals surface area contributed by atoms with Crippen molar-refractivity contribution in [1.82, 2.24) is 20.2 Å². The summed E-state index contributed by atoms with van der Waals surface area (Å²) in [5.74, 6) is 5.10. The largest absolute Gasteiger partial charge is 0.312 e. The highest BCUT2D eigenvalue weighted by Crippen LogP contribution is 2.25. The maximum Gasteiger partial charge on any atom is 0.247 e. The summed E-state index contributed by atoms with van der Waals surface area (Å²) in [6.45, 7) is 3.92. The Morgan fingerprint density at radius 1 is 1.67 bits per heavy atom. The molecular formula is C8H15N5OS. The molecule has 0 aliphatic carbocycles. The molecule has 0 aliphatic rings. The third-order valence-electron chi connectivity index (χ3n) is 1.91. The van der Waals surface area contributed by atoms with Gasteiger partial charge < -0.3 is 4.57 Å². The van der Waals surface area contributed by atoms with E-state index >= 15 is 0 Å². The van der Waals surface area contributed by atoms with Gasteiger partial charge in [-0.15, -0.1) is 10.2 Å². The molecule has 6 nitrogen and oxygen atoms in total. The summed E-state index contributed by atoms with van der Waals surface area (Å²) in [4.78, 5) is 11.5. The van der Waals surface area contributed by atoms with Crippen molar-refractivity contribution in [2.75, 3.05) is 0 Å². The molecule has 0 fully saturated rings. The van der Waals surface area contributed by atoms with Crippen LogP contribution in [0.1, 0.15) is 13.8 Å². The molecule has 0 radical (unpaired) electrons. The Bertz CT molecular complexity index is 338. The van der Waals surface area contributed by atoms with E-state index < -0.39 is 0 Å². The minimum atomic E-state index is -0.252. The fourth-order valence-electron chi connectivity index (χ4n) is 1.07. The quantitative estimate of drug-likeness (QED) is 0.326. The van der Waals surface area contributed by atoms with Gasteiger partial charge in [0.15, 0.2) is 5.16 Å². The van der Waals surface area contributed by atoms with E-state index in [-0.39, 0.29) is 17.1 Å². The van der Waals surface area contributed by atoms with Gasteiger partial charge in [0.05, 0.1) is 5.25 Å². The number of nitrogens with one attached hydrogen (secondary N) is 1. The number of amides is 1. The molecule has 1 atom stereocenters. The fourth-order valence-corrected chi connectivity index (χ4v) is 2.05. The first-order valence-corrected chi connectivity index (χ1v) is 5.45. The van der Waals surface area contributed by atoms with E-state index in [1.54, 1.807) is 10.9 Å². The second-order valence-corrected chi connectivity index (χ2v) is 4.62. The van der Waals surface area contributed by atoms with Crippen LogP contribution in [-0.4, -0.2) is 25.9 Å². The molecule has 0 saturated carbocycles. The van der Waals surface area contributed by atoms with Crippen LogP contribution in [0.3, 0.4) is 0 Å². The van der Waals surface area contributed by atoms with E-state index in [1.807, 2.05) is 20.9 Å². The molecule has 3 N–H and O–H groups in total. The normalized spacial score (nSPS) is 12.9. The molecular weight excluding hydrogens is 214 g/mol. The highest BCUT2D eigenvalue weighted by atomic mass is 32.2. The number of nitrogens with zero attached hydrogens (tertiary/aromatic N) is 3. The predicted octanol–water partition coefficient (Wildman–Crippen LogP) is -0.0783. The van der Waals surface area contributed by atoms with Crippen molar-refractivity contribution in [2.24, 2.45) is 18.8 Å². The van der Waals surface area contributed by atoms with Crippen LogP contribution in [0.5, 0.6) is 0 Å². The van der Waals surface area contributed by atoms with Crippen molar-refractivity contribution in [1.29, 1.82) is 0 Å². The highest BCUT2D eigenvalue weighted by molar-refractivity contribution is 8.00. The van der Waals surface area contributed by atoms with E-state index in [0.717, 1.165) is 0 Å². The molecule has 1 heterocycles. The van der Waals surface area contributed by atoms with Crippen LogP contribution in [0.15, 0.2) is 11.5 Å². The van der Waals surface area contributed by atoms with Gasteiger partial charge in [-0.05, 0) is 5.92 Å². The van der Waals surface area contributed by atoms with Crippen molar-refractivity contribution in [3.05, 3.63) is 6.33 Å². The number of carbonyl (C=O) groups is 1. The lowest BCUT2D eigenvalue weighted by Crippen LogP contribution is -2.40. The molecule has 1 rings (SSSR count). The van der Waals surface area contributed by atoms with Gasteiger partial charge in [-0.25, -0.2) is 5.84 Å². The standard InChI is InChI=1S/C8H15N5OS/c1-5(2)6(7(14)11-9)15-8-12-10-4-13(8)3/h4-6H,9H2,1-3H3,(H,11,14). The van der Waals surface area contributed by atoms with Crippen LogP contribution < -0.4 is 11.3 Å². The first-order chi connectivity index (χ1) is 7.06. The molecule has 0 saturated heterocycles. The van der Waals surface area contributed by atoms with Gasteiger partial charge >= 0.3 is 0 Å². The third kappa shape index (κ3) is 2.93. The summed E-state index contributed by atoms with van der Waals surface area (Å²) >= 11 is 1.36. The van der Waals surface area contributed by atoms with Crippen molar-refractivity contribution in [3.8, 4) is 0 Å². The van der Waals surface area contributed by atoms with Crippen LogP contribution in [0, 0.1) is 5.92 Å². The number of nitrogens with two attached hydrogens (primary N) is 1. The van der Waals surface area contributed by atoms with Crippen molar-refractivity contribution >= 4 is 17.7 Å². The smallest absolute Gasteiger partial charge is 0.247 e. The lowest BCUT2D eigenvalue weighted by molar-refractivity contribution is -0.121. The van der Waals surface area contributed by atoms with E-state index in [4.69, 9.17) is 5.84 Å². The van der Waals surface area contributed by atoms with Crippen molar-refractivity contribution in [3.63, 3.8) is 0 Å². The average Bonchev–Trinajstić information content (AvgIpc) is 2.59. The maximum absolute atomic E-state index is 11.5. The molecule has 0 spiro atoms. The molecule has 0 aromatic carbocycles. The van der Waals surface area contributed by atoms with E-state index in [2.05, 4.69) is 15.6 Å². The second-order valence-electron chi connectivity index (χ2n) is 3.52. The Kier molecular flexibility index (Phi) is 4.10. The molecule has 1 amide bonds. The van der Waals surface area contributed by atoms with Gasteiger partial charge in [-0.1, -0.05) is 25.6 Å². The highest BCUT2D eigenvalue weighted by Gasteiger charge is 2.24. The molecule has 1 aromatic rings. The van der Waals surface area contributed by atoms with E-state index in [0.29, 0.717) is 5.16 Å². The number of rotatable bonds is 4. The summed E-state index contributed by atoms with van der Waals surface area (Å²) in [5.41, 5.74) is 2.16. The monoisotopic (exact) mass is 229 g/mol. The predicted molar refractivity (Wildman–Crippen MR) is 57.8 cm³/mol.